The van der Waals surface area contributed by atoms with Gasteiger partial charge in [-0.1, -0.05) is 0 Å². The Bertz CT molecular complexity index is 742. The lowest BCUT2D eigenvalue weighted by Crippen LogP contribution is -2.24. The molecule has 0 saturated carbocycles. The molecule has 7 nitrogen and oxygen atoms in total. The fourth-order valence-electron chi connectivity index (χ4n) is 1.61. The SMILES string of the molecule is COC(=O)c1ccc(S(=O)(=O)NCc2nccs2)c(N)c1. The summed E-state index contributed by atoms with van der Waals surface area (Å²) in [6.45, 7) is 0.0815. The van der Waals surface area contributed by atoms with Crippen molar-refractivity contribution in [2.45, 2.75) is 11.4 Å². The van der Waals surface area contributed by atoms with Crippen molar-refractivity contribution < 1.29 is 17.9 Å². The van der Waals surface area contributed by atoms with Crippen LogP contribution in [0.1, 0.15) is 15.4 Å². The number of anilines is 1. The van der Waals surface area contributed by atoms with E-state index < -0.39 is 16.0 Å². The van der Waals surface area contributed by atoms with Gasteiger partial charge in [-0.05, 0) is 18.2 Å². The van der Waals surface area contributed by atoms with Crippen molar-refractivity contribution in [2.75, 3.05) is 12.8 Å². The van der Waals surface area contributed by atoms with Crippen LogP contribution in [0.15, 0.2) is 34.7 Å². The van der Waals surface area contributed by atoms with Gasteiger partial charge in [-0.15, -0.1) is 11.3 Å². The second-order valence-corrected chi connectivity index (χ2v) is 6.71. The smallest absolute Gasteiger partial charge is 0.337 e. The minimum Gasteiger partial charge on any atom is -0.465 e. The summed E-state index contributed by atoms with van der Waals surface area (Å²) in [5, 5.41) is 2.40. The number of rotatable bonds is 5. The third kappa shape index (κ3) is 3.57. The number of benzene rings is 1. The van der Waals surface area contributed by atoms with Crippen LogP contribution in [0.4, 0.5) is 5.69 Å². The van der Waals surface area contributed by atoms with Crippen molar-refractivity contribution in [1.82, 2.24) is 9.71 Å². The fraction of sp³-hybridized carbons (Fsp3) is 0.167. The second kappa shape index (κ2) is 6.20. The van der Waals surface area contributed by atoms with E-state index in [0.717, 1.165) is 0 Å². The summed E-state index contributed by atoms with van der Waals surface area (Å²) in [5.41, 5.74) is 5.87. The summed E-state index contributed by atoms with van der Waals surface area (Å²) in [5.74, 6) is -0.582. The van der Waals surface area contributed by atoms with E-state index in [1.54, 1.807) is 11.6 Å². The largest absolute Gasteiger partial charge is 0.465 e. The zero-order valence-electron chi connectivity index (χ0n) is 11.1. The third-order valence-corrected chi connectivity index (χ3v) is 4.87. The molecule has 112 valence electrons. The highest BCUT2D eigenvalue weighted by Gasteiger charge is 2.19. The maximum Gasteiger partial charge on any atom is 0.337 e. The molecule has 3 N–H and O–H groups in total. The zero-order chi connectivity index (χ0) is 15.5. The molecule has 0 aliphatic rings. The molecule has 0 bridgehead atoms. The van der Waals surface area contributed by atoms with Crippen LogP contribution >= 0.6 is 11.3 Å². The van der Waals surface area contributed by atoms with Gasteiger partial charge in [-0.25, -0.2) is 22.9 Å². The molecule has 0 fully saturated rings. The van der Waals surface area contributed by atoms with Gasteiger partial charge in [0.15, 0.2) is 0 Å². The lowest BCUT2D eigenvalue weighted by Gasteiger charge is -2.09. The van der Waals surface area contributed by atoms with Crippen LogP contribution in [0.3, 0.4) is 0 Å². The third-order valence-electron chi connectivity index (χ3n) is 2.62. The highest BCUT2D eigenvalue weighted by atomic mass is 32.2. The summed E-state index contributed by atoms with van der Waals surface area (Å²) in [4.78, 5) is 15.2. The molecular weight excluding hydrogens is 314 g/mol. The molecule has 2 aromatic rings. The highest BCUT2D eigenvalue weighted by Crippen LogP contribution is 2.20. The van der Waals surface area contributed by atoms with E-state index in [1.165, 1.54) is 36.6 Å². The van der Waals surface area contributed by atoms with Crippen LogP contribution in [0, 0.1) is 0 Å². The Morgan fingerprint density at radius 2 is 2.24 bits per heavy atom. The van der Waals surface area contributed by atoms with Gasteiger partial charge in [0.1, 0.15) is 9.90 Å². The molecule has 2 rings (SSSR count). The Kier molecular flexibility index (Phi) is 4.56. The van der Waals surface area contributed by atoms with Crippen LogP contribution in [0.5, 0.6) is 0 Å². The predicted molar refractivity (Wildman–Crippen MR) is 78.3 cm³/mol. The van der Waals surface area contributed by atoms with Crippen LogP contribution in [-0.2, 0) is 21.3 Å². The molecule has 0 aliphatic carbocycles. The summed E-state index contributed by atoms with van der Waals surface area (Å²) in [7, 11) is -2.54. The number of aromatic nitrogens is 1. The Hall–Kier alpha value is -1.97. The molecule has 1 heterocycles. The number of nitrogens with zero attached hydrogens (tertiary/aromatic N) is 1. The maximum absolute atomic E-state index is 12.2. The number of methoxy groups -OCH3 is 1. The Morgan fingerprint density at radius 3 is 2.81 bits per heavy atom. The van der Waals surface area contributed by atoms with Crippen molar-refractivity contribution in [1.29, 1.82) is 0 Å². The maximum atomic E-state index is 12.2. The van der Waals surface area contributed by atoms with E-state index >= 15 is 0 Å². The lowest BCUT2D eigenvalue weighted by molar-refractivity contribution is 0.0600. The van der Waals surface area contributed by atoms with E-state index in [4.69, 9.17) is 5.73 Å². The number of hydrogen-bond acceptors (Lipinski definition) is 7. The first kappa shape index (κ1) is 15.4. The Labute approximate surface area is 125 Å². The molecule has 0 saturated heterocycles. The molecule has 0 atom stereocenters. The Morgan fingerprint density at radius 1 is 1.48 bits per heavy atom. The monoisotopic (exact) mass is 327 g/mol. The van der Waals surface area contributed by atoms with Crippen LogP contribution in [0.25, 0.3) is 0 Å². The molecule has 0 aliphatic heterocycles. The van der Waals surface area contributed by atoms with E-state index in [2.05, 4.69) is 14.4 Å². The molecule has 1 aromatic carbocycles. The van der Waals surface area contributed by atoms with Crippen molar-refractivity contribution in [3.8, 4) is 0 Å². The van der Waals surface area contributed by atoms with Crippen LogP contribution in [-0.4, -0.2) is 26.5 Å². The van der Waals surface area contributed by atoms with E-state index in [0.29, 0.717) is 5.01 Å². The van der Waals surface area contributed by atoms with Gasteiger partial charge in [-0.2, -0.15) is 0 Å². The molecule has 0 radical (unpaired) electrons. The zero-order valence-corrected chi connectivity index (χ0v) is 12.7. The fourth-order valence-corrected chi connectivity index (χ4v) is 3.36. The topological polar surface area (TPSA) is 111 Å². The van der Waals surface area contributed by atoms with Crippen molar-refractivity contribution >= 4 is 33.0 Å². The van der Waals surface area contributed by atoms with Gasteiger partial charge in [0.05, 0.1) is 24.9 Å². The van der Waals surface area contributed by atoms with Crippen molar-refractivity contribution in [3.63, 3.8) is 0 Å². The molecule has 0 spiro atoms. The van der Waals surface area contributed by atoms with Crippen LogP contribution < -0.4 is 10.5 Å². The summed E-state index contributed by atoms with van der Waals surface area (Å²) in [6, 6.07) is 3.88. The quantitative estimate of drug-likeness (QED) is 0.626. The summed E-state index contributed by atoms with van der Waals surface area (Å²) in [6.07, 6.45) is 1.59. The minimum atomic E-state index is -3.78. The number of hydrogen-bond donors (Lipinski definition) is 2. The van der Waals surface area contributed by atoms with Gasteiger partial charge in [0.2, 0.25) is 10.0 Å². The molecule has 9 heteroatoms. The molecule has 0 amide bonds. The van der Waals surface area contributed by atoms with Gasteiger partial charge in [0, 0.05) is 11.6 Å². The predicted octanol–water partition coefficient (Wildman–Crippen LogP) is 0.990. The first-order valence-corrected chi connectivity index (χ1v) is 8.16. The van der Waals surface area contributed by atoms with E-state index in [1.807, 2.05) is 0 Å². The summed E-state index contributed by atoms with van der Waals surface area (Å²) >= 11 is 1.34. The number of carbonyl (C=O) groups is 1. The number of nitrogen functional groups attached to an aromatic ring is 1. The standard InChI is InChI=1S/C12H13N3O4S2/c1-19-12(16)8-2-3-10(9(13)6-8)21(17,18)15-7-11-14-4-5-20-11/h2-6,15H,7,13H2,1H3. The first-order chi connectivity index (χ1) is 9.94. The van der Waals surface area contributed by atoms with Gasteiger partial charge in [0.25, 0.3) is 0 Å². The highest BCUT2D eigenvalue weighted by molar-refractivity contribution is 7.89. The van der Waals surface area contributed by atoms with E-state index in [9.17, 15) is 13.2 Å². The van der Waals surface area contributed by atoms with Gasteiger partial charge < -0.3 is 10.5 Å². The average molecular weight is 327 g/mol. The van der Waals surface area contributed by atoms with E-state index in [-0.39, 0.29) is 22.7 Å². The molecule has 21 heavy (non-hydrogen) atoms. The number of nitrogens with one attached hydrogen (secondary N) is 1. The first-order valence-electron chi connectivity index (χ1n) is 5.80. The summed E-state index contributed by atoms with van der Waals surface area (Å²) < 4.78 is 31.3. The number of thiazole rings is 1. The van der Waals surface area contributed by atoms with Gasteiger partial charge >= 0.3 is 5.97 Å². The van der Waals surface area contributed by atoms with Gasteiger partial charge in [-0.3, -0.25) is 0 Å². The number of nitrogens with two attached hydrogens (primary N) is 1. The minimum absolute atomic E-state index is 0.0236. The molecule has 0 unspecified atom stereocenters. The molecule has 1 aromatic heterocycles. The number of ether oxygens (including phenoxy) is 1. The normalized spacial score (nSPS) is 11.3. The number of carbonyl (C=O) groups excluding carboxylic acids is 1. The lowest BCUT2D eigenvalue weighted by atomic mass is 10.2. The number of esters is 1. The number of sulfonamides is 1. The Balaban J connectivity index is 2.21. The average Bonchev–Trinajstić information content (AvgIpc) is 2.97. The second-order valence-electron chi connectivity index (χ2n) is 3.99. The van der Waals surface area contributed by atoms with Crippen molar-refractivity contribution in [3.05, 3.63) is 40.3 Å². The van der Waals surface area contributed by atoms with Crippen molar-refractivity contribution in [2.24, 2.45) is 0 Å². The van der Waals surface area contributed by atoms with Crippen LogP contribution in [0.2, 0.25) is 0 Å². The molecular formula is C12H13N3O4S2.